The molecular weight excluding hydrogens is 268 g/mol. The van der Waals surface area contributed by atoms with E-state index in [1.807, 2.05) is 12.1 Å². The maximum atomic E-state index is 12.4. The van der Waals surface area contributed by atoms with E-state index in [2.05, 4.69) is 10.3 Å². The number of nitrogens with one attached hydrogen (secondary N) is 2. The summed E-state index contributed by atoms with van der Waals surface area (Å²) in [6.07, 6.45) is 2.96. The van der Waals surface area contributed by atoms with Crippen molar-refractivity contribution < 1.29 is 9.90 Å². The summed E-state index contributed by atoms with van der Waals surface area (Å²) in [5.41, 5.74) is 0.689. The molecule has 110 valence electrons. The lowest BCUT2D eigenvalue weighted by atomic mass is 9.92. The number of aromatic amines is 1. The first-order valence-corrected chi connectivity index (χ1v) is 7.26. The first-order valence-electron chi connectivity index (χ1n) is 7.26. The molecule has 21 heavy (non-hydrogen) atoms. The van der Waals surface area contributed by atoms with Crippen LogP contribution in [0.2, 0.25) is 0 Å². The number of rotatable bonds is 2. The Morgan fingerprint density at radius 2 is 2.00 bits per heavy atom. The molecule has 3 rings (SSSR count). The number of hydrogen-bond acceptors (Lipinski definition) is 3. The molecule has 5 heteroatoms. The summed E-state index contributed by atoms with van der Waals surface area (Å²) in [5, 5.41) is 13.5. The van der Waals surface area contributed by atoms with E-state index in [9.17, 15) is 14.7 Å². The minimum atomic E-state index is -0.504. The highest BCUT2D eigenvalue weighted by Gasteiger charge is 2.25. The number of carbonyl (C=O) groups is 1. The number of fused-ring (bicyclic) bond motifs is 1. The fourth-order valence-electron chi connectivity index (χ4n) is 2.92. The second-order valence-electron chi connectivity index (χ2n) is 5.52. The summed E-state index contributed by atoms with van der Waals surface area (Å²) in [6.45, 7) is 0. The Kier molecular flexibility index (Phi) is 3.75. The van der Waals surface area contributed by atoms with E-state index >= 15 is 0 Å². The van der Waals surface area contributed by atoms with E-state index in [4.69, 9.17) is 0 Å². The van der Waals surface area contributed by atoms with Crippen LogP contribution in [-0.2, 0) is 0 Å². The molecule has 0 unspecified atom stereocenters. The van der Waals surface area contributed by atoms with Gasteiger partial charge in [-0.15, -0.1) is 0 Å². The zero-order chi connectivity index (χ0) is 14.8. The molecule has 2 atom stereocenters. The SMILES string of the molecule is O=C(N[C@@H]1CCCC[C@H]1O)c1cc(=O)[nH]c2ccccc12. The van der Waals surface area contributed by atoms with Crippen LogP contribution in [0.1, 0.15) is 36.0 Å². The van der Waals surface area contributed by atoms with E-state index in [1.54, 1.807) is 12.1 Å². The van der Waals surface area contributed by atoms with Crippen molar-refractivity contribution in [2.24, 2.45) is 0 Å². The molecule has 0 radical (unpaired) electrons. The van der Waals surface area contributed by atoms with Crippen molar-refractivity contribution in [1.82, 2.24) is 10.3 Å². The number of H-pyrrole nitrogens is 1. The topological polar surface area (TPSA) is 82.2 Å². The Hall–Kier alpha value is -2.14. The molecule has 1 amide bonds. The summed E-state index contributed by atoms with van der Waals surface area (Å²) in [6, 6.07) is 8.29. The van der Waals surface area contributed by atoms with Gasteiger partial charge in [-0.25, -0.2) is 0 Å². The smallest absolute Gasteiger partial charge is 0.252 e. The number of amides is 1. The second-order valence-corrected chi connectivity index (χ2v) is 5.52. The van der Waals surface area contributed by atoms with Crippen LogP contribution in [0.25, 0.3) is 10.9 Å². The summed E-state index contributed by atoms with van der Waals surface area (Å²) in [4.78, 5) is 26.8. The lowest BCUT2D eigenvalue weighted by molar-refractivity contribution is 0.0718. The molecule has 0 spiro atoms. The van der Waals surface area contributed by atoms with Crippen molar-refractivity contribution in [3.05, 3.63) is 46.2 Å². The molecule has 5 nitrogen and oxygen atoms in total. The Morgan fingerprint density at radius 1 is 1.24 bits per heavy atom. The van der Waals surface area contributed by atoms with Gasteiger partial charge >= 0.3 is 0 Å². The van der Waals surface area contributed by atoms with Crippen LogP contribution in [-0.4, -0.2) is 28.1 Å². The van der Waals surface area contributed by atoms with Crippen LogP contribution in [0.4, 0.5) is 0 Å². The molecule has 1 heterocycles. The van der Waals surface area contributed by atoms with E-state index in [-0.39, 0.29) is 17.5 Å². The number of carbonyl (C=O) groups excluding carboxylic acids is 1. The molecule has 0 saturated heterocycles. The number of hydrogen-bond donors (Lipinski definition) is 3. The number of benzene rings is 1. The van der Waals surface area contributed by atoms with Crippen molar-refractivity contribution in [3.8, 4) is 0 Å². The highest BCUT2D eigenvalue weighted by atomic mass is 16.3. The first kappa shape index (κ1) is 13.8. The fraction of sp³-hybridized carbons (Fsp3) is 0.375. The maximum Gasteiger partial charge on any atom is 0.252 e. The molecule has 1 aliphatic rings. The standard InChI is InChI=1S/C16H18N2O3/c19-14-8-4-3-7-13(14)18-16(21)11-9-15(20)17-12-6-2-1-5-10(11)12/h1-2,5-6,9,13-14,19H,3-4,7-8H2,(H,17,20)(H,18,21)/t13-,14-/m1/s1. The number of aliphatic hydroxyl groups excluding tert-OH is 1. The highest BCUT2D eigenvalue weighted by molar-refractivity contribution is 6.06. The minimum Gasteiger partial charge on any atom is -0.391 e. The van der Waals surface area contributed by atoms with Crippen molar-refractivity contribution in [3.63, 3.8) is 0 Å². The van der Waals surface area contributed by atoms with Crippen molar-refractivity contribution >= 4 is 16.8 Å². The van der Waals surface area contributed by atoms with Gasteiger partial charge in [0.15, 0.2) is 0 Å². The predicted molar refractivity (Wildman–Crippen MR) is 80.3 cm³/mol. The van der Waals surface area contributed by atoms with Crippen LogP contribution >= 0.6 is 0 Å². The largest absolute Gasteiger partial charge is 0.391 e. The summed E-state index contributed by atoms with van der Waals surface area (Å²) in [5.74, 6) is -0.303. The second kappa shape index (κ2) is 5.69. The minimum absolute atomic E-state index is 0.232. The van der Waals surface area contributed by atoms with Gasteiger partial charge in [0.2, 0.25) is 5.56 Å². The van der Waals surface area contributed by atoms with Gasteiger partial charge in [-0.3, -0.25) is 9.59 Å². The third kappa shape index (κ3) is 2.83. The highest BCUT2D eigenvalue weighted by Crippen LogP contribution is 2.20. The van der Waals surface area contributed by atoms with Gasteiger partial charge in [-0.1, -0.05) is 31.0 Å². The van der Waals surface area contributed by atoms with Crippen molar-refractivity contribution in [2.45, 2.75) is 37.8 Å². The number of para-hydroxylation sites is 1. The molecular formula is C16H18N2O3. The molecule has 1 saturated carbocycles. The van der Waals surface area contributed by atoms with Crippen LogP contribution in [0, 0.1) is 0 Å². The molecule has 0 aliphatic heterocycles. The Bertz CT molecular complexity index is 723. The zero-order valence-electron chi connectivity index (χ0n) is 11.6. The van der Waals surface area contributed by atoms with E-state index in [1.165, 1.54) is 6.07 Å². The van der Waals surface area contributed by atoms with E-state index in [0.717, 1.165) is 19.3 Å². The normalized spacial score (nSPS) is 22.1. The van der Waals surface area contributed by atoms with Gasteiger partial charge in [0.05, 0.1) is 17.7 Å². The quantitative estimate of drug-likeness (QED) is 0.783. The Morgan fingerprint density at radius 3 is 2.81 bits per heavy atom. The number of aliphatic hydroxyl groups is 1. The van der Waals surface area contributed by atoms with Gasteiger partial charge in [-0.05, 0) is 18.9 Å². The molecule has 0 bridgehead atoms. The fourth-order valence-corrected chi connectivity index (χ4v) is 2.92. The zero-order valence-corrected chi connectivity index (χ0v) is 11.6. The predicted octanol–water partition coefficient (Wildman–Crippen LogP) is 1.56. The average molecular weight is 286 g/mol. The molecule has 1 aromatic heterocycles. The molecule has 1 aromatic carbocycles. The molecule has 3 N–H and O–H groups in total. The van der Waals surface area contributed by atoms with Gasteiger partial charge in [0, 0.05) is 17.0 Å². The summed E-state index contributed by atoms with van der Waals surface area (Å²) < 4.78 is 0. The van der Waals surface area contributed by atoms with E-state index < -0.39 is 6.10 Å². The van der Waals surface area contributed by atoms with Gasteiger partial charge in [0.25, 0.3) is 5.91 Å². The van der Waals surface area contributed by atoms with Gasteiger partial charge in [-0.2, -0.15) is 0 Å². The third-order valence-corrected chi connectivity index (χ3v) is 4.04. The van der Waals surface area contributed by atoms with Crippen molar-refractivity contribution in [2.75, 3.05) is 0 Å². The maximum absolute atomic E-state index is 12.4. The monoisotopic (exact) mass is 286 g/mol. The van der Waals surface area contributed by atoms with Crippen LogP contribution in [0.3, 0.4) is 0 Å². The molecule has 2 aromatic rings. The van der Waals surface area contributed by atoms with Crippen LogP contribution in [0.15, 0.2) is 35.1 Å². The average Bonchev–Trinajstić information content (AvgIpc) is 2.48. The van der Waals surface area contributed by atoms with Crippen LogP contribution < -0.4 is 10.9 Å². The molecule has 1 fully saturated rings. The number of pyridine rings is 1. The number of aromatic nitrogens is 1. The van der Waals surface area contributed by atoms with Crippen molar-refractivity contribution in [1.29, 1.82) is 0 Å². The summed E-state index contributed by atoms with van der Waals surface area (Å²) >= 11 is 0. The van der Waals surface area contributed by atoms with E-state index in [0.29, 0.717) is 22.9 Å². The Labute approximate surface area is 122 Å². The van der Waals surface area contributed by atoms with Gasteiger partial charge < -0.3 is 15.4 Å². The van der Waals surface area contributed by atoms with Crippen LogP contribution in [0.5, 0.6) is 0 Å². The first-order chi connectivity index (χ1) is 10.1. The van der Waals surface area contributed by atoms with Gasteiger partial charge in [0.1, 0.15) is 0 Å². The third-order valence-electron chi connectivity index (χ3n) is 4.04. The lowest BCUT2D eigenvalue weighted by Gasteiger charge is -2.28. The summed E-state index contributed by atoms with van der Waals surface area (Å²) in [7, 11) is 0. The Balaban J connectivity index is 1.92. The molecule has 1 aliphatic carbocycles. The lowest BCUT2D eigenvalue weighted by Crippen LogP contribution is -2.45.